The maximum absolute atomic E-state index is 12.2. The summed E-state index contributed by atoms with van der Waals surface area (Å²) in [5.74, 6) is 0. The Kier molecular flexibility index (Phi) is 3.66. The standard InChI is InChI=1S/C11H14BrNO2S/c12-9-3-5-10(6-4-9)16(14,15)11-2-1-7-13-8-11/h3-6,11,13H,1-2,7-8H2/t11-/m1/s1. The van der Waals surface area contributed by atoms with E-state index in [0.717, 1.165) is 23.9 Å². The van der Waals surface area contributed by atoms with E-state index in [1.165, 1.54) is 0 Å². The van der Waals surface area contributed by atoms with Crippen LogP contribution in [0.15, 0.2) is 33.6 Å². The first kappa shape index (κ1) is 12.1. The average Bonchev–Trinajstić information content (AvgIpc) is 2.31. The zero-order chi connectivity index (χ0) is 11.6. The molecule has 5 heteroatoms. The number of piperidine rings is 1. The molecular weight excluding hydrogens is 290 g/mol. The normalized spacial score (nSPS) is 21.9. The summed E-state index contributed by atoms with van der Waals surface area (Å²) < 4.78 is 25.4. The Morgan fingerprint density at radius 2 is 1.94 bits per heavy atom. The molecule has 1 aromatic rings. The van der Waals surface area contributed by atoms with Crippen molar-refractivity contribution in [2.24, 2.45) is 0 Å². The first-order chi connectivity index (χ1) is 7.60. The Hall–Kier alpha value is -0.390. The molecule has 1 atom stereocenters. The van der Waals surface area contributed by atoms with Crippen LogP contribution in [0.25, 0.3) is 0 Å². The molecule has 0 radical (unpaired) electrons. The van der Waals surface area contributed by atoms with Gasteiger partial charge in [0.15, 0.2) is 9.84 Å². The molecule has 1 saturated heterocycles. The zero-order valence-corrected chi connectivity index (χ0v) is 11.2. The topological polar surface area (TPSA) is 46.2 Å². The molecule has 1 N–H and O–H groups in total. The SMILES string of the molecule is O=S(=O)(c1ccc(Br)cc1)[C@@H]1CCCNC1. The van der Waals surface area contributed by atoms with Crippen molar-refractivity contribution in [3.63, 3.8) is 0 Å². The number of benzene rings is 1. The Morgan fingerprint density at radius 3 is 2.50 bits per heavy atom. The third-order valence-electron chi connectivity index (χ3n) is 2.83. The van der Waals surface area contributed by atoms with Crippen LogP contribution in [-0.2, 0) is 9.84 Å². The number of hydrogen-bond acceptors (Lipinski definition) is 3. The molecule has 1 heterocycles. The van der Waals surface area contributed by atoms with Crippen molar-refractivity contribution in [3.8, 4) is 0 Å². The van der Waals surface area contributed by atoms with Crippen molar-refractivity contribution < 1.29 is 8.42 Å². The predicted molar refractivity (Wildman–Crippen MR) is 67.2 cm³/mol. The second-order valence-electron chi connectivity index (χ2n) is 3.97. The van der Waals surface area contributed by atoms with E-state index in [1.54, 1.807) is 24.3 Å². The van der Waals surface area contributed by atoms with Crippen molar-refractivity contribution in [2.45, 2.75) is 23.0 Å². The van der Waals surface area contributed by atoms with Gasteiger partial charge in [-0.15, -0.1) is 0 Å². The van der Waals surface area contributed by atoms with E-state index < -0.39 is 9.84 Å². The van der Waals surface area contributed by atoms with Gasteiger partial charge in [0, 0.05) is 11.0 Å². The molecule has 0 unspecified atom stereocenters. The summed E-state index contributed by atoms with van der Waals surface area (Å²) in [5.41, 5.74) is 0. The van der Waals surface area contributed by atoms with Gasteiger partial charge in [-0.1, -0.05) is 15.9 Å². The minimum absolute atomic E-state index is 0.276. The predicted octanol–water partition coefficient (Wildman–Crippen LogP) is 1.97. The van der Waals surface area contributed by atoms with Crippen LogP contribution in [0.4, 0.5) is 0 Å². The maximum Gasteiger partial charge on any atom is 0.182 e. The summed E-state index contributed by atoms with van der Waals surface area (Å²) in [7, 11) is -3.16. The highest BCUT2D eigenvalue weighted by atomic mass is 79.9. The highest BCUT2D eigenvalue weighted by Gasteiger charge is 2.28. The largest absolute Gasteiger partial charge is 0.315 e. The third-order valence-corrected chi connectivity index (χ3v) is 5.57. The van der Waals surface area contributed by atoms with E-state index in [0.29, 0.717) is 11.4 Å². The van der Waals surface area contributed by atoms with Crippen LogP contribution in [0.5, 0.6) is 0 Å². The molecule has 16 heavy (non-hydrogen) atoms. The molecule has 0 saturated carbocycles. The van der Waals surface area contributed by atoms with Gasteiger partial charge in [-0.05, 0) is 43.7 Å². The lowest BCUT2D eigenvalue weighted by atomic mass is 10.2. The maximum atomic E-state index is 12.2. The first-order valence-electron chi connectivity index (χ1n) is 5.31. The van der Waals surface area contributed by atoms with E-state index in [4.69, 9.17) is 0 Å². The van der Waals surface area contributed by atoms with Gasteiger partial charge in [0.05, 0.1) is 10.1 Å². The zero-order valence-electron chi connectivity index (χ0n) is 8.82. The molecule has 0 bridgehead atoms. The fourth-order valence-electron chi connectivity index (χ4n) is 1.90. The summed E-state index contributed by atoms with van der Waals surface area (Å²) in [4.78, 5) is 0.421. The fraction of sp³-hybridized carbons (Fsp3) is 0.455. The molecule has 0 amide bonds. The lowest BCUT2D eigenvalue weighted by molar-refractivity contribution is 0.497. The Morgan fingerprint density at radius 1 is 1.25 bits per heavy atom. The summed E-state index contributed by atoms with van der Waals surface area (Å²) >= 11 is 3.30. The van der Waals surface area contributed by atoms with Gasteiger partial charge in [0.25, 0.3) is 0 Å². The lowest BCUT2D eigenvalue weighted by Crippen LogP contribution is -2.38. The van der Waals surface area contributed by atoms with Crippen LogP contribution in [0.1, 0.15) is 12.8 Å². The number of halogens is 1. The molecule has 2 rings (SSSR count). The van der Waals surface area contributed by atoms with Crippen LogP contribution in [0.3, 0.4) is 0 Å². The minimum Gasteiger partial charge on any atom is -0.315 e. The number of rotatable bonds is 2. The van der Waals surface area contributed by atoms with Gasteiger partial charge in [-0.2, -0.15) is 0 Å². The molecule has 88 valence electrons. The van der Waals surface area contributed by atoms with Crippen LogP contribution < -0.4 is 5.32 Å². The van der Waals surface area contributed by atoms with Crippen molar-refractivity contribution in [1.29, 1.82) is 0 Å². The van der Waals surface area contributed by atoms with Crippen LogP contribution in [0, 0.1) is 0 Å². The van der Waals surface area contributed by atoms with Crippen molar-refractivity contribution in [1.82, 2.24) is 5.32 Å². The first-order valence-corrected chi connectivity index (χ1v) is 7.65. The second kappa shape index (κ2) is 4.85. The molecule has 1 fully saturated rings. The van der Waals surface area contributed by atoms with Gasteiger partial charge in [0.1, 0.15) is 0 Å². The van der Waals surface area contributed by atoms with Crippen LogP contribution >= 0.6 is 15.9 Å². The molecule has 3 nitrogen and oxygen atoms in total. The van der Waals surface area contributed by atoms with E-state index >= 15 is 0 Å². The average molecular weight is 304 g/mol. The number of nitrogens with one attached hydrogen (secondary N) is 1. The summed E-state index contributed by atoms with van der Waals surface area (Å²) in [6, 6.07) is 6.86. The quantitative estimate of drug-likeness (QED) is 0.909. The highest BCUT2D eigenvalue weighted by molar-refractivity contribution is 9.10. The smallest absolute Gasteiger partial charge is 0.182 e. The van der Waals surface area contributed by atoms with Gasteiger partial charge in [-0.3, -0.25) is 0 Å². The Balaban J connectivity index is 2.27. The summed E-state index contributed by atoms with van der Waals surface area (Å²) in [5, 5.41) is 2.86. The molecule has 0 aromatic heterocycles. The molecular formula is C11H14BrNO2S. The third kappa shape index (κ3) is 2.47. The Bertz CT molecular complexity index is 449. The Labute approximate surface area is 104 Å². The molecule has 0 aliphatic carbocycles. The number of hydrogen-bond donors (Lipinski definition) is 1. The molecule has 0 spiro atoms. The lowest BCUT2D eigenvalue weighted by Gasteiger charge is -2.22. The van der Waals surface area contributed by atoms with Gasteiger partial charge < -0.3 is 5.32 Å². The summed E-state index contributed by atoms with van der Waals surface area (Å²) in [6.45, 7) is 1.49. The molecule has 1 aromatic carbocycles. The summed E-state index contributed by atoms with van der Waals surface area (Å²) in [6.07, 6.45) is 1.69. The van der Waals surface area contributed by atoms with E-state index in [1.807, 2.05) is 0 Å². The van der Waals surface area contributed by atoms with Crippen LogP contribution in [-0.4, -0.2) is 26.8 Å². The van der Waals surface area contributed by atoms with E-state index in [9.17, 15) is 8.42 Å². The van der Waals surface area contributed by atoms with Gasteiger partial charge >= 0.3 is 0 Å². The fourth-order valence-corrected chi connectivity index (χ4v) is 3.88. The van der Waals surface area contributed by atoms with Gasteiger partial charge in [-0.25, -0.2) is 8.42 Å². The van der Waals surface area contributed by atoms with E-state index in [-0.39, 0.29) is 5.25 Å². The van der Waals surface area contributed by atoms with Crippen molar-refractivity contribution in [3.05, 3.63) is 28.7 Å². The number of sulfone groups is 1. The van der Waals surface area contributed by atoms with Crippen molar-refractivity contribution >= 4 is 25.8 Å². The molecule has 1 aliphatic heterocycles. The van der Waals surface area contributed by atoms with E-state index in [2.05, 4.69) is 21.2 Å². The minimum atomic E-state index is -3.16. The van der Waals surface area contributed by atoms with Gasteiger partial charge in [0.2, 0.25) is 0 Å². The monoisotopic (exact) mass is 303 g/mol. The van der Waals surface area contributed by atoms with Crippen LogP contribution in [0.2, 0.25) is 0 Å². The van der Waals surface area contributed by atoms with Crippen molar-refractivity contribution in [2.75, 3.05) is 13.1 Å². The molecule has 1 aliphatic rings. The second-order valence-corrected chi connectivity index (χ2v) is 7.11. The highest BCUT2D eigenvalue weighted by Crippen LogP contribution is 2.22.